The first kappa shape index (κ1) is 13.4. The summed E-state index contributed by atoms with van der Waals surface area (Å²) in [4.78, 5) is 15.0. The van der Waals surface area contributed by atoms with E-state index in [1.165, 1.54) is 12.1 Å². The number of hydrogen-bond acceptors (Lipinski definition) is 4. The lowest BCUT2D eigenvalue weighted by molar-refractivity contribution is 0.0696. The van der Waals surface area contributed by atoms with Crippen molar-refractivity contribution in [2.24, 2.45) is 0 Å². The predicted molar refractivity (Wildman–Crippen MR) is 73.9 cm³/mol. The zero-order valence-electron chi connectivity index (χ0n) is 10.2. The quantitative estimate of drug-likeness (QED) is 0.648. The highest BCUT2D eigenvalue weighted by Gasteiger charge is 2.03. The lowest BCUT2D eigenvalue weighted by Crippen LogP contribution is -2.02. The summed E-state index contributed by atoms with van der Waals surface area (Å²) in [6.45, 7) is 0.504. The van der Waals surface area contributed by atoms with Crippen LogP contribution in [0.25, 0.3) is 0 Å². The molecule has 0 unspecified atom stereocenters. The second-order valence-electron chi connectivity index (χ2n) is 3.70. The molecule has 4 nitrogen and oxygen atoms in total. The largest absolute Gasteiger partial charge is 0.493 e. The van der Waals surface area contributed by atoms with E-state index in [1.54, 1.807) is 30.1 Å². The fraction of sp³-hybridized carbons (Fsp3) is 0.143. The zero-order chi connectivity index (χ0) is 13.5. The Kier molecular flexibility index (Phi) is 4.80. The molecule has 0 radical (unpaired) electrons. The monoisotopic (exact) mass is 275 g/mol. The number of carboxylic acids is 1. The van der Waals surface area contributed by atoms with E-state index in [9.17, 15) is 4.79 Å². The topological polar surface area (TPSA) is 59.4 Å². The molecule has 0 atom stereocenters. The van der Waals surface area contributed by atoms with Gasteiger partial charge in [0.2, 0.25) is 0 Å². The average molecular weight is 275 g/mol. The molecule has 19 heavy (non-hydrogen) atoms. The minimum absolute atomic E-state index is 0.231. The highest BCUT2D eigenvalue weighted by atomic mass is 32.2. The number of pyridine rings is 1. The van der Waals surface area contributed by atoms with E-state index in [2.05, 4.69) is 4.98 Å². The van der Waals surface area contributed by atoms with Gasteiger partial charge in [-0.25, -0.2) is 9.78 Å². The lowest BCUT2D eigenvalue weighted by atomic mass is 10.2. The molecular formula is C14H13NO3S. The van der Waals surface area contributed by atoms with E-state index in [4.69, 9.17) is 9.84 Å². The summed E-state index contributed by atoms with van der Waals surface area (Å²) in [5.41, 5.74) is 0.231. The Labute approximate surface area is 115 Å². The summed E-state index contributed by atoms with van der Waals surface area (Å²) in [7, 11) is 0. The van der Waals surface area contributed by atoms with Gasteiger partial charge in [0.1, 0.15) is 5.75 Å². The Morgan fingerprint density at radius 1 is 1.26 bits per heavy atom. The Morgan fingerprint density at radius 2 is 2.16 bits per heavy atom. The standard InChI is InChI=1S/C14H13NO3S/c16-14(17)11-4-3-5-12(10-11)18-8-9-19-13-6-1-2-7-15-13/h1-7,10H,8-9H2,(H,16,17). The number of aromatic carboxylic acids is 1. The van der Waals surface area contributed by atoms with Crippen molar-refractivity contribution in [3.05, 3.63) is 54.2 Å². The maximum Gasteiger partial charge on any atom is 0.335 e. The molecule has 0 aliphatic carbocycles. The van der Waals surface area contributed by atoms with Crippen LogP contribution in [0.4, 0.5) is 0 Å². The van der Waals surface area contributed by atoms with Crippen molar-refractivity contribution >= 4 is 17.7 Å². The van der Waals surface area contributed by atoms with Crippen LogP contribution in [-0.2, 0) is 0 Å². The summed E-state index contributed by atoms with van der Waals surface area (Å²) in [6, 6.07) is 12.2. The van der Waals surface area contributed by atoms with Crippen LogP contribution in [0, 0.1) is 0 Å². The first-order valence-corrected chi connectivity index (χ1v) is 6.74. The van der Waals surface area contributed by atoms with Crippen LogP contribution in [-0.4, -0.2) is 28.4 Å². The molecule has 0 aliphatic rings. The van der Waals surface area contributed by atoms with E-state index >= 15 is 0 Å². The molecule has 1 aromatic carbocycles. The van der Waals surface area contributed by atoms with Gasteiger partial charge in [0.05, 0.1) is 17.2 Å². The van der Waals surface area contributed by atoms with Crippen molar-refractivity contribution in [1.82, 2.24) is 4.98 Å². The number of benzene rings is 1. The van der Waals surface area contributed by atoms with E-state index in [1.807, 2.05) is 18.2 Å². The number of thioether (sulfide) groups is 1. The van der Waals surface area contributed by atoms with Crippen molar-refractivity contribution in [2.75, 3.05) is 12.4 Å². The fourth-order valence-corrected chi connectivity index (χ4v) is 2.14. The maximum atomic E-state index is 10.8. The Morgan fingerprint density at radius 3 is 2.89 bits per heavy atom. The minimum Gasteiger partial charge on any atom is -0.493 e. The molecule has 1 N–H and O–H groups in total. The van der Waals surface area contributed by atoms with Crippen molar-refractivity contribution in [3.8, 4) is 5.75 Å². The molecule has 0 amide bonds. The van der Waals surface area contributed by atoms with Gasteiger partial charge in [-0.2, -0.15) is 0 Å². The van der Waals surface area contributed by atoms with Gasteiger partial charge in [0.15, 0.2) is 0 Å². The molecular weight excluding hydrogens is 262 g/mol. The summed E-state index contributed by atoms with van der Waals surface area (Å²) in [5.74, 6) is 0.378. The predicted octanol–water partition coefficient (Wildman–Crippen LogP) is 2.95. The average Bonchev–Trinajstić information content (AvgIpc) is 2.45. The van der Waals surface area contributed by atoms with Gasteiger partial charge in [-0.15, -0.1) is 11.8 Å². The first-order chi connectivity index (χ1) is 9.25. The van der Waals surface area contributed by atoms with Crippen LogP contribution >= 0.6 is 11.8 Å². The Bertz CT molecular complexity index is 545. The molecule has 0 saturated heterocycles. The lowest BCUT2D eigenvalue weighted by Gasteiger charge is -2.06. The molecule has 5 heteroatoms. The fourth-order valence-electron chi connectivity index (χ4n) is 1.46. The minimum atomic E-state index is -0.951. The van der Waals surface area contributed by atoms with Crippen molar-refractivity contribution < 1.29 is 14.6 Å². The van der Waals surface area contributed by atoms with Gasteiger partial charge in [-0.05, 0) is 30.3 Å². The number of rotatable bonds is 6. The Hall–Kier alpha value is -2.01. The normalized spacial score (nSPS) is 10.1. The second kappa shape index (κ2) is 6.80. The van der Waals surface area contributed by atoms with Crippen molar-refractivity contribution in [3.63, 3.8) is 0 Å². The zero-order valence-corrected chi connectivity index (χ0v) is 11.0. The molecule has 2 rings (SSSR count). The maximum absolute atomic E-state index is 10.8. The second-order valence-corrected chi connectivity index (χ2v) is 4.81. The first-order valence-electron chi connectivity index (χ1n) is 5.76. The number of ether oxygens (including phenoxy) is 1. The van der Waals surface area contributed by atoms with Gasteiger partial charge in [0, 0.05) is 11.9 Å². The number of carbonyl (C=O) groups is 1. The third kappa shape index (κ3) is 4.30. The molecule has 98 valence electrons. The van der Waals surface area contributed by atoms with Crippen LogP contribution in [0.5, 0.6) is 5.75 Å². The number of aromatic nitrogens is 1. The van der Waals surface area contributed by atoms with Gasteiger partial charge in [0.25, 0.3) is 0 Å². The number of hydrogen-bond donors (Lipinski definition) is 1. The summed E-state index contributed by atoms with van der Waals surface area (Å²) < 4.78 is 5.51. The summed E-state index contributed by atoms with van der Waals surface area (Å²) in [5, 5.41) is 9.81. The van der Waals surface area contributed by atoms with Crippen molar-refractivity contribution in [2.45, 2.75) is 5.03 Å². The van der Waals surface area contributed by atoms with Gasteiger partial charge in [-0.1, -0.05) is 12.1 Å². The van der Waals surface area contributed by atoms with Crippen LogP contribution in [0.15, 0.2) is 53.7 Å². The van der Waals surface area contributed by atoms with Crippen LogP contribution < -0.4 is 4.74 Å². The van der Waals surface area contributed by atoms with Crippen molar-refractivity contribution in [1.29, 1.82) is 0 Å². The Balaban J connectivity index is 1.80. The van der Waals surface area contributed by atoms with Gasteiger partial charge >= 0.3 is 5.97 Å². The summed E-state index contributed by atoms with van der Waals surface area (Å²) >= 11 is 1.60. The molecule has 2 aromatic rings. The molecule has 1 heterocycles. The third-order valence-corrected chi connectivity index (χ3v) is 3.23. The number of carboxylic acid groups (broad SMARTS) is 1. The highest BCUT2D eigenvalue weighted by molar-refractivity contribution is 7.99. The SMILES string of the molecule is O=C(O)c1cccc(OCCSc2ccccn2)c1. The molecule has 0 bridgehead atoms. The van der Waals surface area contributed by atoms with E-state index < -0.39 is 5.97 Å². The molecule has 0 saturated carbocycles. The van der Waals surface area contributed by atoms with Crippen LogP contribution in [0.1, 0.15) is 10.4 Å². The molecule has 0 fully saturated rings. The molecule has 0 spiro atoms. The van der Waals surface area contributed by atoms with E-state index in [0.29, 0.717) is 12.4 Å². The van der Waals surface area contributed by atoms with Crippen LogP contribution in [0.2, 0.25) is 0 Å². The smallest absolute Gasteiger partial charge is 0.335 e. The molecule has 0 aliphatic heterocycles. The van der Waals surface area contributed by atoms with Gasteiger partial charge in [-0.3, -0.25) is 0 Å². The van der Waals surface area contributed by atoms with E-state index in [0.717, 1.165) is 10.8 Å². The van der Waals surface area contributed by atoms with Gasteiger partial charge < -0.3 is 9.84 Å². The number of nitrogens with zero attached hydrogens (tertiary/aromatic N) is 1. The van der Waals surface area contributed by atoms with E-state index in [-0.39, 0.29) is 5.56 Å². The summed E-state index contributed by atoms with van der Waals surface area (Å²) in [6.07, 6.45) is 1.75. The highest BCUT2D eigenvalue weighted by Crippen LogP contribution is 2.16. The molecule has 1 aromatic heterocycles. The third-order valence-electron chi connectivity index (χ3n) is 2.32. The van der Waals surface area contributed by atoms with Crippen LogP contribution in [0.3, 0.4) is 0 Å².